The van der Waals surface area contributed by atoms with Crippen LogP contribution in [0.5, 0.6) is 5.75 Å². The summed E-state index contributed by atoms with van der Waals surface area (Å²) < 4.78 is 74.3. The Kier molecular flexibility index (Phi) is 8.75. The second-order valence-corrected chi connectivity index (χ2v) is 9.85. The summed E-state index contributed by atoms with van der Waals surface area (Å²) >= 11 is 0. The van der Waals surface area contributed by atoms with Crippen molar-refractivity contribution in [2.45, 2.75) is 44.1 Å². The highest BCUT2D eigenvalue weighted by atomic mass is 32.2. The monoisotopic (exact) mass is 521 g/mol. The molecule has 0 heterocycles. The summed E-state index contributed by atoms with van der Waals surface area (Å²) in [5.41, 5.74) is 0.578. The second kappa shape index (κ2) is 11.6. The lowest BCUT2D eigenvalue weighted by atomic mass is 10.2. The number of carbonyl (C=O) groups is 1. The fourth-order valence-electron chi connectivity index (χ4n) is 3.32. The Hall–Kier alpha value is -3.37. The molecule has 0 saturated heterocycles. The van der Waals surface area contributed by atoms with Crippen LogP contribution in [0.3, 0.4) is 0 Å². The molecule has 0 radical (unpaired) electrons. The minimum atomic E-state index is -4.68. The van der Waals surface area contributed by atoms with E-state index in [-0.39, 0.29) is 30.9 Å². The Morgan fingerprint density at radius 3 is 2.19 bits per heavy atom. The van der Waals surface area contributed by atoms with Crippen LogP contribution in [0.15, 0.2) is 83.8 Å². The topological polar surface area (TPSA) is 72.9 Å². The molecule has 0 aromatic heterocycles. The van der Waals surface area contributed by atoms with Gasteiger partial charge in [-0.1, -0.05) is 48.5 Å². The minimum absolute atomic E-state index is 0.0650. The SMILES string of the molecule is CC(C)N(Cc1ccc(OS(=O)(=O)c2cccc(C(F)(F)F)c2)cc1)C(=O)COCc1ccccc1. The lowest BCUT2D eigenvalue weighted by Gasteiger charge is -2.27. The molecule has 36 heavy (non-hydrogen) atoms. The van der Waals surface area contributed by atoms with Gasteiger partial charge in [-0.05, 0) is 55.3 Å². The van der Waals surface area contributed by atoms with Gasteiger partial charge < -0.3 is 13.8 Å². The van der Waals surface area contributed by atoms with Crippen LogP contribution in [-0.4, -0.2) is 31.9 Å². The number of alkyl halides is 3. The van der Waals surface area contributed by atoms with Crippen molar-refractivity contribution in [3.05, 3.63) is 95.6 Å². The third kappa shape index (κ3) is 7.56. The van der Waals surface area contributed by atoms with Crippen LogP contribution in [0.2, 0.25) is 0 Å². The van der Waals surface area contributed by atoms with Gasteiger partial charge in [0.2, 0.25) is 5.91 Å². The number of nitrogens with zero attached hydrogens (tertiary/aromatic N) is 1. The maximum Gasteiger partial charge on any atom is 0.416 e. The molecule has 0 N–H and O–H groups in total. The number of ether oxygens (including phenoxy) is 1. The normalized spacial score (nSPS) is 11.9. The Labute approximate surface area is 208 Å². The van der Waals surface area contributed by atoms with Crippen molar-refractivity contribution in [1.82, 2.24) is 4.90 Å². The standard InChI is InChI=1S/C26H26F3NO5S/c1-19(2)30(25(31)18-34-17-21-7-4-3-5-8-21)16-20-11-13-23(14-12-20)35-36(32,33)24-10-6-9-22(15-24)26(27,28)29/h3-15,19H,16-18H2,1-2H3. The first-order valence-electron chi connectivity index (χ1n) is 11.1. The summed E-state index contributed by atoms with van der Waals surface area (Å²) in [5, 5.41) is 0. The number of carbonyl (C=O) groups excluding carboxylic acids is 1. The quantitative estimate of drug-likeness (QED) is 0.333. The third-order valence-electron chi connectivity index (χ3n) is 5.21. The van der Waals surface area contributed by atoms with Crippen LogP contribution < -0.4 is 4.18 Å². The van der Waals surface area contributed by atoms with Gasteiger partial charge in [-0.25, -0.2) is 0 Å². The van der Waals surface area contributed by atoms with E-state index in [1.807, 2.05) is 44.2 Å². The first-order valence-corrected chi connectivity index (χ1v) is 12.5. The summed E-state index contributed by atoms with van der Waals surface area (Å²) in [5.74, 6) is -0.266. The van der Waals surface area contributed by atoms with Gasteiger partial charge >= 0.3 is 16.3 Å². The Balaban J connectivity index is 1.62. The van der Waals surface area contributed by atoms with Crippen molar-refractivity contribution in [3.8, 4) is 5.75 Å². The zero-order valence-corrected chi connectivity index (χ0v) is 20.6. The highest BCUT2D eigenvalue weighted by Gasteiger charge is 2.32. The highest BCUT2D eigenvalue weighted by Crippen LogP contribution is 2.31. The molecule has 0 fully saturated rings. The maximum atomic E-state index is 12.9. The van der Waals surface area contributed by atoms with Gasteiger partial charge in [-0.2, -0.15) is 21.6 Å². The summed E-state index contributed by atoms with van der Waals surface area (Å²) in [7, 11) is -4.47. The molecule has 0 atom stereocenters. The van der Waals surface area contributed by atoms with Crippen molar-refractivity contribution in [2.75, 3.05) is 6.61 Å². The number of amides is 1. The van der Waals surface area contributed by atoms with Crippen molar-refractivity contribution in [1.29, 1.82) is 0 Å². The molecule has 0 aliphatic carbocycles. The van der Waals surface area contributed by atoms with E-state index in [1.165, 1.54) is 12.1 Å². The van der Waals surface area contributed by atoms with Crippen LogP contribution in [0, 0.1) is 0 Å². The summed E-state index contributed by atoms with van der Waals surface area (Å²) in [6.07, 6.45) is -4.68. The van der Waals surface area contributed by atoms with E-state index in [4.69, 9.17) is 8.92 Å². The van der Waals surface area contributed by atoms with E-state index in [9.17, 15) is 26.4 Å². The zero-order chi connectivity index (χ0) is 26.3. The van der Waals surface area contributed by atoms with Crippen molar-refractivity contribution >= 4 is 16.0 Å². The van der Waals surface area contributed by atoms with Crippen LogP contribution in [-0.2, 0) is 39.0 Å². The van der Waals surface area contributed by atoms with Crippen molar-refractivity contribution < 1.29 is 35.3 Å². The van der Waals surface area contributed by atoms with E-state index in [0.29, 0.717) is 18.2 Å². The maximum absolute atomic E-state index is 12.9. The van der Waals surface area contributed by atoms with Gasteiger partial charge in [0.05, 0.1) is 12.2 Å². The largest absolute Gasteiger partial charge is 0.416 e. The predicted octanol–water partition coefficient (Wildman–Crippen LogP) is 5.43. The number of halogens is 3. The lowest BCUT2D eigenvalue weighted by molar-refractivity contribution is -0.139. The summed E-state index contributed by atoms with van der Waals surface area (Å²) in [6, 6.07) is 18.6. The Morgan fingerprint density at radius 1 is 0.917 bits per heavy atom. The minimum Gasteiger partial charge on any atom is -0.379 e. The summed E-state index contributed by atoms with van der Waals surface area (Å²) in [4.78, 5) is 13.7. The third-order valence-corrected chi connectivity index (χ3v) is 6.46. The molecule has 6 nitrogen and oxygen atoms in total. The van der Waals surface area contributed by atoms with E-state index in [0.717, 1.165) is 23.8 Å². The molecule has 3 rings (SSSR count). The smallest absolute Gasteiger partial charge is 0.379 e. The fourth-order valence-corrected chi connectivity index (χ4v) is 4.30. The second-order valence-electron chi connectivity index (χ2n) is 8.30. The van der Waals surface area contributed by atoms with E-state index in [1.54, 1.807) is 17.0 Å². The average molecular weight is 522 g/mol. The van der Waals surface area contributed by atoms with Crippen LogP contribution in [0.1, 0.15) is 30.5 Å². The van der Waals surface area contributed by atoms with Gasteiger partial charge in [0.25, 0.3) is 0 Å². The average Bonchev–Trinajstić information content (AvgIpc) is 2.83. The number of hydrogen-bond acceptors (Lipinski definition) is 5. The van der Waals surface area contributed by atoms with Crippen molar-refractivity contribution in [2.24, 2.45) is 0 Å². The van der Waals surface area contributed by atoms with E-state index in [2.05, 4.69) is 0 Å². The van der Waals surface area contributed by atoms with E-state index < -0.39 is 26.8 Å². The molecule has 0 aliphatic rings. The summed E-state index contributed by atoms with van der Waals surface area (Å²) in [6.45, 7) is 4.21. The molecule has 0 unspecified atom stereocenters. The van der Waals surface area contributed by atoms with Gasteiger partial charge in [-0.3, -0.25) is 4.79 Å². The molecule has 1 amide bonds. The Morgan fingerprint density at radius 2 is 1.58 bits per heavy atom. The first kappa shape index (κ1) is 27.2. The zero-order valence-electron chi connectivity index (χ0n) is 19.7. The number of benzene rings is 3. The molecule has 0 aliphatic heterocycles. The highest BCUT2D eigenvalue weighted by molar-refractivity contribution is 7.87. The predicted molar refractivity (Wildman–Crippen MR) is 127 cm³/mol. The molecule has 3 aromatic rings. The molecule has 192 valence electrons. The molecule has 0 spiro atoms. The molecular weight excluding hydrogens is 495 g/mol. The molecule has 3 aromatic carbocycles. The number of hydrogen-bond donors (Lipinski definition) is 0. The fraction of sp³-hybridized carbons (Fsp3) is 0.269. The first-order chi connectivity index (χ1) is 17.0. The molecular formula is C26H26F3NO5S. The van der Waals surface area contributed by atoms with E-state index >= 15 is 0 Å². The van der Waals surface area contributed by atoms with Crippen LogP contribution in [0.25, 0.3) is 0 Å². The van der Waals surface area contributed by atoms with Gasteiger partial charge in [0.15, 0.2) is 0 Å². The molecule has 0 saturated carbocycles. The lowest BCUT2D eigenvalue weighted by Crippen LogP contribution is -2.38. The number of rotatable bonds is 10. The van der Waals surface area contributed by atoms with Crippen molar-refractivity contribution in [3.63, 3.8) is 0 Å². The van der Waals surface area contributed by atoms with Gasteiger partial charge in [0.1, 0.15) is 17.3 Å². The van der Waals surface area contributed by atoms with Crippen LogP contribution >= 0.6 is 0 Å². The molecule has 0 bridgehead atoms. The van der Waals surface area contributed by atoms with Gasteiger partial charge in [-0.15, -0.1) is 0 Å². The Bertz CT molecular complexity index is 1260. The van der Waals surface area contributed by atoms with Gasteiger partial charge in [0, 0.05) is 12.6 Å². The van der Waals surface area contributed by atoms with Crippen LogP contribution in [0.4, 0.5) is 13.2 Å². The molecule has 10 heteroatoms.